The molecule has 1 aromatic carbocycles. The Balaban J connectivity index is 1.82. The Morgan fingerprint density at radius 1 is 1.05 bits per heavy atom. The predicted octanol–water partition coefficient (Wildman–Crippen LogP) is 4.75. The summed E-state index contributed by atoms with van der Waals surface area (Å²) in [6.45, 7) is 0. The topological polar surface area (TPSA) is 26.0 Å². The molecular weight excluding hydrogens is 242 g/mol. The molecule has 0 heterocycles. The first-order valence-electron chi connectivity index (χ1n) is 8.12. The highest BCUT2D eigenvalue weighted by Crippen LogP contribution is 2.49. The van der Waals surface area contributed by atoms with E-state index in [2.05, 4.69) is 30.3 Å². The molecule has 1 unspecified atom stereocenters. The average molecular weight is 265 g/mol. The van der Waals surface area contributed by atoms with E-state index in [1.807, 2.05) is 0 Å². The Morgan fingerprint density at radius 2 is 1.85 bits per heavy atom. The zero-order valence-corrected chi connectivity index (χ0v) is 12.1. The van der Waals surface area contributed by atoms with Crippen molar-refractivity contribution in [3.05, 3.63) is 52.6 Å². The van der Waals surface area contributed by atoms with Gasteiger partial charge in [0.25, 0.3) is 0 Å². The van der Waals surface area contributed by atoms with Crippen LogP contribution in [-0.4, -0.2) is 0 Å². The van der Waals surface area contributed by atoms with Gasteiger partial charge < -0.3 is 5.73 Å². The van der Waals surface area contributed by atoms with Gasteiger partial charge in [0.15, 0.2) is 0 Å². The molecule has 1 nitrogen and oxygen atoms in total. The van der Waals surface area contributed by atoms with Crippen LogP contribution < -0.4 is 5.73 Å². The Morgan fingerprint density at radius 3 is 2.55 bits per heavy atom. The molecule has 2 fully saturated rings. The van der Waals surface area contributed by atoms with E-state index in [0.29, 0.717) is 0 Å². The van der Waals surface area contributed by atoms with Crippen molar-refractivity contribution in [2.75, 3.05) is 0 Å². The SMILES string of the molecule is NC1CCC=C(C(=C2CC2)C2CCC2)c2ccccc21. The van der Waals surface area contributed by atoms with Gasteiger partial charge in [-0.15, -0.1) is 0 Å². The van der Waals surface area contributed by atoms with Gasteiger partial charge in [0.2, 0.25) is 0 Å². The van der Waals surface area contributed by atoms with Crippen LogP contribution in [0.25, 0.3) is 5.57 Å². The molecule has 3 aliphatic carbocycles. The summed E-state index contributed by atoms with van der Waals surface area (Å²) in [5.74, 6) is 0.834. The maximum absolute atomic E-state index is 6.37. The molecule has 0 aliphatic heterocycles. The standard InChI is InChI=1S/C19H23N/c20-18-10-4-9-17(15-7-1-2-8-16(15)18)19(14-11-12-14)13-5-3-6-13/h1-2,7-9,13,18H,3-6,10-12,20H2. The van der Waals surface area contributed by atoms with Crippen LogP contribution in [0, 0.1) is 5.92 Å². The van der Waals surface area contributed by atoms with Gasteiger partial charge in [-0.1, -0.05) is 42.3 Å². The van der Waals surface area contributed by atoms with Crippen LogP contribution in [0.2, 0.25) is 0 Å². The normalized spacial score (nSPS) is 25.4. The lowest BCUT2D eigenvalue weighted by Gasteiger charge is -2.31. The van der Waals surface area contributed by atoms with Crippen LogP contribution >= 0.6 is 0 Å². The number of nitrogens with two attached hydrogens (primary N) is 1. The van der Waals surface area contributed by atoms with Crippen LogP contribution in [-0.2, 0) is 0 Å². The molecule has 4 rings (SSSR count). The number of hydrogen-bond acceptors (Lipinski definition) is 1. The highest BCUT2D eigenvalue weighted by atomic mass is 14.6. The molecular formula is C19H23N. The molecule has 0 amide bonds. The van der Waals surface area contributed by atoms with E-state index in [0.717, 1.165) is 18.8 Å². The van der Waals surface area contributed by atoms with E-state index in [1.165, 1.54) is 48.8 Å². The van der Waals surface area contributed by atoms with Crippen molar-refractivity contribution in [3.8, 4) is 0 Å². The quantitative estimate of drug-likeness (QED) is 0.820. The Bertz CT molecular complexity index is 584. The molecule has 2 saturated carbocycles. The van der Waals surface area contributed by atoms with Crippen LogP contribution in [0.4, 0.5) is 0 Å². The van der Waals surface area contributed by atoms with Gasteiger partial charge >= 0.3 is 0 Å². The monoisotopic (exact) mass is 265 g/mol. The van der Waals surface area contributed by atoms with Gasteiger partial charge in [0, 0.05) is 6.04 Å². The minimum atomic E-state index is 0.201. The summed E-state index contributed by atoms with van der Waals surface area (Å²) < 4.78 is 0. The second-order valence-electron chi connectivity index (χ2n) is 6.53. The summed E-state index contributed by atoms with van der Waals surface area (Å²) in [5, 5.41) is 0. The fourth-order valence-electron chi connectivity index (χ4n) is 3.72. The van der Waals surface area contributed by atoms with E-state index in [4.69, 9.17) is 5.73 Å². The van der Waals surface area contributed by atoms with Crippen molar-refractivity contribution in [3.63, 3.8) is 0 Å². The molecule has 20 heavy (non-hydrogen) atoms. The lowest BCUT2D eigenvalue weighted by atomic mass is 9.74. The molecule has 3 aliphatic rings. The van der Waals surface area contributed by atoms with Crippen molar-refractivity contribution in [2.24, 2.45) is 11.7 Å². The molecule has 0 spiro atoms. The third-order valence-corrected chi connectivity index (χ3v) is 5.16. The molecule has 2 N–H and O–H groups in total. The van der Waals surface area contributed by atoms with Crippen molar-refractivity contribution in [1.29, 1.82) is 0 Å². The van der Waals surface area contributed by atoms with Gasteiger partial charge in [-0.3, -0.25) is 0 Å². The van der Waals surface area contributed by atoms with Crippen LogP contribution in [0.5, 0.6) is 0 Å². The number of hydrogen-bond donors (Lipinski definition) is 1. The molecule has 0 bridgehead atoms. The summed E-state index contributed by atoms with van der Waals surface area (Å²) in [7, 11) is 0. The Hall–Kier alpha value is -1.34. The Labute approximate surface area is 121 Å². The molecule has 1 atom stereocenters. The second kappa shape index (κ2) is 4.89. The van der Waals surface area contributed by atoms with Crippen molar-refractivity contribution in [1.82, 2.24) is 0 Å². The van der Waals surface area contributed by atoms with Gasteiger partial charge in [-0.25, -0.2) is 0 Å². The second-order valence-corrected chi connectivity index (χ2v) is 6.53. The number of benzene rings is 1. The first-order valence-corrected chi connectivity index (χ1v) is 8.12. The summed E-state index contributed by atoms with van der Waals surface area (Å²) in [6.07, 6.45) is 11.5. The van der Waals surface area contributed by atoms with Crippen molar-refractivity contribution in [2.45, 2.75) is 51.0 Å². The highest BCUT2D eigenvalue weighted by Gasteiger charge is 2.32. The van der Waals surface area contributed by atoms with Crippen LogP contribution in [0.15, 0.2) is 41.5 Å². The molecule has 1 heteroatoms. The average Bonchev–Trinajstić information content (AvgIpc) is 3.23. The van der Waals surface area contributed by atoms with E-state index in [9.17, 15) is 0 Å². The minimum absolute atomic E-state index is 0.201. The van der Waals surface area contributed by atoms with Gasteiger partial charge in [0.1, 0.15) is 0 Å². The van der Waals surface area contributed by atoms with Gasteiger partial charge in [-0.2, -0.15) is 0 Å². The maximum Gasteiger partial charge on any atom is 0.0304 e. The zero-order valence-electron chi connectivity index (χ0n) is 12.1. The number of rotatable bonds is 2. The lowest BCUT2D eigenvalue weighted by molar-refractivity contribution is 0.375. The third-order valence-electron chi connectivity index (χ3n) is 5.16. The molecule has 0 radical (unpaired) electrons. The highest BCUT2D eigenvalue weighted by molar-refractivity contribution is 5.83. The minimum Gasteiger partial charge on any atom is -0.324 e. The largest absolute Gasteiger partial charge is 0.324 e. The van der Waals surface area contributed by atoms with Gasteiger partial charge in [0.05, 0.1) is 0 Å². The summed E-state index contributed by atoms with van der Waals surface area (Å²) in [4.78, 5) is 0. The first-order chi connectivity index (χ1) is 9.84. The Kier molecular flexibility index (Phi) is 3.03. The maximum atomic E-state index is 6.37. The van der Waals surface area contributed by atoms with E-state index >= 15 is 0 Å². The molecule has 104 valence electrons. The zero-order chi connectivity index (χ0) is 13.5. The van der Waals surface area contributed by atoms with E-state index < -0.39 is 0 Å². The smallest absolute Gasteiger partial charge is 0.0304 e. The van der Waals surface area contributed by atoms with Crippen molar-refractivity contribution < 1.29 is 0 Å². The molecule has 0 aromatic heterocycles. The number of fused-ring (bicyclic) bond motifs is 1. The third kappa shape index (κ3) is 2.05. The van der Waals surface area contributed by atoms with Gasteiger partial charge in [-0.05, 0) is 66.7 Å². The molecule has 0 saturated heterocycles. The first kappa shape index (κ1) is 12.4. The van der Waals surface area contributed by atoms with Crippen LogP contribution in [0.3, 0.4) is 0 Å². The number of allylic oxidation sites excluding steroid dienone is 4. The predicted molar refractivity (Wildman–Crippen MR) is 84.2 cm³/mol. The van der Waals surface area contributed by atoms with E-state index in [-0.39, 0.29) is 6.04 Å². The fourth-order valence-corrected chi connectivity index (χ4v) is 3.72. The summed E-state index contributed by atoms with van der Waals surface area (Å²) in [5.41, 5.74) is 14.1. The lowest BCUT2D eigenvalue weighted by Crippen LogP contribution is -2.16. The molecule has 1 aromatic rings. The summed E-state index contributed by atoms with van der Waals surface area (Å²) in [6, 6.07) is 9.02. The van der Waals surface area contributed by atoms with Crippen molar-refractivity contribution >= 4 is 5.57 Å². The fraction of sp³-hybridized carbons (Fsp3) is 0.474. The summed E-state index contributed by atoms with van der Waals surface area (Å²) >= 11 is 0. The van der Waals surface area contributed by atoms with Crippen LogP contribution in [0.1, 0.15) is 62.1 Å². The van der Waals surface area contributed by atoms with E-state index in [1.54, 1.807) is 11.1 Å².